The van der Waals surface area contributed by atoms with Crippen molar-refractivity contribution in [3.05, 3.63) is 51.6 Å². The quantitative estimate of drug-likeness (QED) is 0.169. The Bertz CT molecular complexity index is 1420. The lowest BCUT2D eigenvalue weighted by atomic mass is 9.73. The molecule has 0 bridgehead atoms. The number of carbonyl (C=O) groups excluding carboxylic acids is 3. The molecule has 0 saturated carbocycles. The average Bonchev–Trinajstić information content (AvgIpc) is 3.03. The number of carbonyl (C=O) groups is 3. The molecule has 0 amide bonds. The number of aromatic hydroxyl groups is 2. The zero-order valence-electron chi connectivity index (χ0n) is 23.7. The summed E-state index contributed by atoms with van der Waals surface area (Å²) < 4.78 is 17.5. The first-order chi connectivity index (χ1) is 20.7. The number of aliphatic hydroxyl groups is 3. The summed E-state index contributed by atoms with van der Waals surface area (Å²) >= 11 is 0. The van der Waals surface area contributed by atoms with Crippen LogP contribution < -0.4 is 5.73 Å². The molecule has 2 aliphatic carbocycles. The fraction of sp³-hybridized carbons (Fsp3) is 0.500. The van der Waals surface area contributed by atoms with Gasteiger partial charge in [-0.1, -0.05) is 12.1 Å². The molecule has 7 N–H and O–H groups in total. The van der Waals surface area contributed by atoms with Crippen molar-refractivity contribution < 1.29 is 54.1 Å². The predicted octanol–water partition coefficient (Wildman–Crippen LogP) is 0.0535. The van der Waals surface area contributed by atoms with Crippen LogP contribution in [0.5, 0.6) is 11.5 Å². The molecule has 13 heteroatoms. The van der Waals surface area contributed by atoms with Crippen molar-refractivity contribution >= 4 is 23.0 Å². The second-order valence-electron chi connectivity index (χ2n) is 10.9. The summed E-state index contributed by atoms with van der Waals surface area (Å²) in [7, 11) is 1.00. The Labute approximate surface area is 247 Å². The molecule has 6 rings (SSSR count). The largest absolute Gasteiger partial charge is 0.507 e. The van der Waals surface area contributed by atoms with Crippen molar-refractivity contribution in [1.29, 1.82) is 0 Å². The van der Waals surface area contributed by atoms with E-state index in [0.717, 1.165) is 7.11 Å². The maximum absolute atomic E-state index is 13.6. The number of morpholine rings is 1. The fourth-order valence-electron chi connectivity index (χ4n) is 6.58. The highest BCUT2D eigenvalue weighted by Crippen LogP contribution is 2.51. The van der Waals surface area contributed by atoms with Crippen LogP contribution in [0.3, 0.4) is 0 Å². The second kappa shape index (κ2) is 12.7. The van der Waals surface area contributed by atoms with E-state index >= 15 is 0 Å². The van der Waals surface area contributed by atoms with E-state index in [1.807, 2.05) is 0 Å². The molecule has 2 aromatic carbocycles. The Balaban J connectivity index is 0.00000180. The third-order valence-corrected chi connectivity index (χ3v) is 8.66. The normalized spacial score (nSPS) is 26.9. The molecule has 2 aromatic rings. The van der Waals surface area contributed by atoms with E-state index in [0.29, 0.717) is 26.3 Å². The lowest BCUT2D eigenvalue weighted by molar-refractivity contribution is -0.232. The van der Waals surface area contributed by atoms with Crippen molar-refractivity contribution in [1.82, 2.24) is 4.90 Å². The van der Waals surface area contributed by atoms with Crippen molar-refractivity contribution in [3.63, 3.8) is 0 Å². The summed E-state index contributed by atoms with van der Waals surface area (Å²) in [5.41, 5.74) is 5.49. The number of hydrogen-bond acceptors (Lipinski definition) is 13. The number of benzene rings is 2. The highest BCUT2D eigenvalue weighted by atomic mass is 16.7. The first-order valence-electron chi connectivity index (χ1n) is 14.1. The molecule has 43 heavy (non-hydrogen) atoms. The van der Waals surface area contributed by atoms with Gasteiger partial charge in [-0.15, -0.1) is 0 Å². The van der Waals surface area contributed by atoms with Crippen molar-refractivity contribution in [2.45, 2.75) is 43.8 Å². The van der Waals surface area contributed by atoms with Gasteiger partial charge in [0.25, 0.3) is 0 Å². The number of ketones is 3. The molecular weight excluding hydrogens is 564 g/mol. The van der Waals surface area contributed by atoms with Crippen LogP contribution in [0, 0.1) is 5.92 Å². The van der Waals surface area contributed by atoms with Crippen molar-refractivity contribution in [3.8, 4) is 11.5 Å². The molecule has 2 fully saturated rings. The Morgan fingerprint density at radius 1 is 1.05 bits per heavy atom. The molecule has 2 unspecified atom stereocenters. The van der Waals surface area contributed by atoms with Gasteiger partial charge in [-0.3, -0.25) is 19.3 Å². The van der Waals surface area contributed by atoms with Crippen LogP contribution >= 0.6 is 0 Å². The van der Waals surface area contributed by atoms with Crippen molar-refractivity contribution in [2.24, 2.45) is 5.92 Å². The number of phenolic OH excluding ortho intramolecular Hbond substituents is 2. The first kappa shape index (κ1) is 31.0. The number of phenols is 2. The number of anilines is 1. The SMILES string of the molecule is CO.Nc1cccc2c1C(=O)c1c(O)c3c(c(O)c1C2=O)CC(C(=O)CO)C[C@@H]3OC1C[C@H](N2CCOCC2)[C@H](O)CO1. The van der Waals surface area contributed by atoms with Crippen molar-refractivity contribution in [2.75, 3.05) is 52.4 Å². The minimum absolute atomic E-state index is 0.00423. The number of Topliss-reactive ketones (excluding diaryl/α,β-unsaturated/α-hetero) is 1. The summed E-state index contributed by atoms with van der Waals surface area (Å²) in [6, 6.07) is 4.14. The summed E-state index contributed by atoms with van der Waals surface area (Å²) in [5.74, 6) is -3.71. The van der Waals surface area contributed by atoms with Gasteiger partial charge in [-0.25, -0.2) is 0 Å². The summed E-state index contributed by atoms with van der Waals surface area (Å²) in [4.78, 5) is 41.8. The molecule has 5 atom stereocenters. The summed E-state index contributed by atoms with van der Waals surface area (Å²) in [5, 5.41) is 50.2. The van der Waals surface area contributed by atoms with E-state index in [4.69, 9.17) is 25.1 Å². The maximum Gasteiger partial charge on any atom is 0.200 e. The van der Waals surface area contributed by atoms with Gasteiger partial charge in [0.05, 0.1) is 48.7 Å². The third kappa shape index (κ3) is 5.42. The number of nitrogens with zero attached hydrogens (tertiary/aromatic N) is 1. The molecular formula is C30H36N2O11. The highest BCUT2D eigenvalue weighted by Gasteiger charge is 2.45. The van der Waals surface area contributed by atoms with Crippen LogP contribution in [0.2, 0.25) is 0 Å². The first-order valence-corrected chi connectivity index (χ1v) is 14.1. The van der Waals surface area contributed by atoms with E-state index in [1.54, 1.807) is 0 Å². The van der Waals surface area contributed by atoms with Gasteiger partial charge >= 0.3 is 0 Å². The molecule has 232 valence electrons. The number of ether oxygens (including phenoxy) is 3. The van der Waals surface area contributed by atoms with Gasteiger partial charge in [0, 0.05) is 61.0 Å². The molecule has 2 aliphatic heterocycles. The number of fused-ring (bicyclic) bond motifs is 3. The number of nitrogens with two attached hydrogens (primary N) is 1. The van der Waals surface area contributed by atoms with Gasteiger partial charge in [0.1, 0.15) is 18.1 Å². The molecule has 2 saturated heterocycles. The van der Waals surface area contributed by atoms with E-state index < -0.39 is 59.9 Å². The van der Waals surface area contributed by atoms with Crippen LogP contribution in [0.15, 0.2) is 18.2 Å². The lowest BCUT2D eigenvalue weighted by Crippen LogP contribution is -2.55. The Hall–Kier alpha value is -3.43. The van der Waals surface area contributed by atoms with Gasteiger partial charge in [-0.2, -0.15) is 0 Å². The smallest absolute Gasteiger partial charge is 0.200 e. The average molecular weight is 601 g/mol. The highest BCUT2D eigenvalue weighted by molar-refractivity contribution is 6.32. The molecule has 0 radical (unpaired) electrons. The van der Waals surface area contributed by atoms with Crippen LogP contribution in [-0.2, 0) is 25.4 Å². The number of aliphatic hydroxyl groups excluding tert-OH is 3. The van der Waals surface area contributed by atoms with Crippen LogP contribution in [0.25, 0.3) is 0 Å². The van der Waals surface area contributed by atoms with Crippen LogP contribution in [0.4, 0.5) is 5.69 Å². The van der Waals surface area contributed by atoms with E-state index in [2.05, 4.69) is 4.90 Å². The fourth-order valence-corrected chi connectivity index (χ4v) is 6.58. The van der Waals surface area contributed by atoms with Gasteiger partial charge in [0.15, 0.2) is 23.6 Å². The zero-order valence-corrected chi connectivity index (χ0v) is 23.7. The maximum atomic E-state index is 13.6. The molecule has 0 spiro atoms. The van der Waals surface area contributed by atoms with Gasteiger partial charge < -0.3 is 45.5 Å². The van der Waals surface area contributed by atoms with E-state index in [-0.39, 0.29) is 71.0 Å². The zero-order chi connectivity index (χ0) is 31.0. The summed E-state index contributed by atoms with van der Waals surface area (Å²) in [6.45, 7) is 1.60. The lowest BCUT2D eigenvalue weighted by Gasteiger charge is -2.43. The Morgan fingerprint density at radius 2 is 1.74 bits per heavy atom. The minimum atomic E-state index is -1.03. The monoisotopic (exact) mass is 600 g/mol. The van der Waals surface area contributed by atoms with Gasteiger partial charge in [0.2, 0.25) is 0 Å². The van der Waals surface area contributed by atoms with E-state index in [1.165, 1.54) is 18.2 Å². The van der Waals surface area contributed by atoms with Gasteiger partial charge in [-0.05, 0) is 18.9 Å². The molecule has 4 aliphatic rings. The van der Waals surface area contributed by atoms with Crippen LogP contribution in [0.1, 0.15) is 61.9 Å². The standard InChI is InChI=1S/C29H32N2O10.CH4O/c30-16-3-1-2-14-22(16)28(37)25-24(26(14)35)27(36)15-8-13(18(33)11-32)9-20(23(15)29(25)38)41-21-10-17(19(34)12-40-21)31-4-6-39-7-5-31;1-2/h1-3,13,17,19-21,32,34,36,38H,4-12,30H2;2H,1H3/t13?,17-,19+,20-,21?;/m0./s1. The molecule has 0 aromatic heterocycles. The molecule has 2 heterocycles. The third-order valence-electron chi connectivity index (χ3n) is 8.66. The predicted molar refractivity (Wildman–Crippen MR) is 150 cm³/mol. The number of hydrogen-bond donors (Lipinski definition) is 6. The Morgan fingerprint density at radius 3 is 2.44 bits per heavy atom. The second-order valence-corrected chi connectivity index (χ2v) is 10.9. The summed E-state index contributed by atoms with van der Waals surface area (Å²) in [6.07, 6.45) is -2.40. The number of rotatable bonds is 5. The van der Waals surface area contributed by atoms with Crippen LogP contribution in [-0.4, -0.2) is 113 Å². The van der Waals surface area contributed by atoms with E-state index in [9.17, 15) is 34.8 Å². The topological polar surface area (TPSA) is 209 Å². The Kier molecular flexibility index (Phi) is 9.13. The number of nitrogen functional groups attached to an aromatic ring is 1. The molecule has 13 nitrogen and oxygen atoms in total. The minimum Gasteiger partial charge on any atom is -0.507 e.